The molecule has 0 aromatic heterocycles. The van der Waals surface area contributed by atoms with Crippen molar-refractivity contribution in [1.29, 1.82) is 0 Å². The van der Waals surface area contributed by atoms with Crippen molar-refractivity contribution in [3.8, 4) is 5.75 Å². The van der Waals surface area contributed by atoms with Crippen LogP contribution in [0.4, 0.5) is 18.0 Å². The second-order valence-electron chi connectivity index (χ2n) is 5.92. The molecule has 24 heavy (non-hydrogen) atoms. The summed E-state index contributed by atoms with van der Waals surface area (Å²) in [7, 11) is 0. The Morgan fingerprint density at radius 1 is 1.25 bits per heavy atom. The van der Waals surface area contributed by atoms with Crippen LogP contribution in [0, 0.1) is 0 Å². The van der Waals surface area contributed by atoms with E-state index in [4.69, 9.17) is 9.84 Å². The Bertz CT molecular complexity index is 596. The van der Waals surface area contributed by atoms with Gasteiger partial charge in [0.1, 0.15) is 11.4 Å². The number of aliphatic carboxylic acids is 1. The van der Waals surface area contributed by atoms with Gasteiger partial charge in [-0.2, -0.15) is 0 Å². The van der Waals surface area contributed by atoms with E-state index in [2.05, 4.69) is 10.1 Å². The van der Waals surface area contributed by atoms with E-state index in [0.717, 1.165) is 12.1 Å². The zero-order valence-electron chi connectivity index (χ0n) is 13.3. The minimum absolute atomic E-state index is 0.144. The number of ether oxygens (including phenoxy) is 2. The van der Waals surface area contributed by atoms with Crippen molar-refractivity contribution < 1.29 is 37.3 Å². The summed E-state index contributed by atoms with van der Waals surface area (Å²) < 4.78 is 45.6. The number of carbonyl (C=O) groups is 2. The Morgan fingerprint density at radius 3 is 2.38 bits per heavy atom. The number of carboxylic acids is 1. The molecule has 1 aromatic rings. The monoisotopic (exact) mass is 349 g/mol. The predicted molar refractivity (Wildman–Crippen MR) is 77.5 cm³/mol. The second-order valence-corrected chi connectivity index (χ2v) is 5.92. The van der Waals surface area contributed by atoms with E-state index in [0.29, 0.717) is 0 Å². The van der Waals surface area contributed by atoms with Crippen LogP contribution in [0.3, 0.4) is 0 Å². The molecule has 0 saturated carbocycles. The summed E-state index contributed by atoms with van der Waals surface area (Å²) >= 11 is 0. The molecule has 2 N–H and O–H groups in total. The highest BCUT2D eigenvalue weighted by atomic mass is 19.4. The predicted octanol–water partition coefficient (Wildman–Crippen LogP) is 3.63. The van der Waals surface area contributed by atoms with Crippen molar-refractivity contribution in [3.05, 3.63) is 29.8 Å². The normalized spacial score (nSPS) is 13.1. The molecule has 9 heteroatoms. The van der Waals surface area contributed by atoms with E-state index in [1.165, 1.54) is 12.1 Å². The van der Waals surface area contributed by atoms with Crippen LogP contribution >= 0.6 is 0 Å². The molecule has 0 aliphatic carbocycles. The molecule has 0 fully saturated rings. The highest BCUT2D eigenvalue weighted by Gasteiger charge is 2.31. The summed E-state index contributed by atoms with van der Waals surface area (Å²) in [4.78, 5) is 22.8. The van der Waals surface area contributed by atoms with Gasteiger partial charge in [-0.05, 0) is 38.5 Å². The van der Waals surface area contributed by atoms with Crippen LogP contribution in [0.15, 0.2) is 24.3 Å². The van der Waals surface area contributed by atoms with Gasteiger partial charge in [-0.3, -0.25) is 4.79 Å². The van der Waals surface area contributed by atoms with Gasteiger partial charge in [0.15, 0.2) is 0 Å². The molecule has 0 unspecified atom stereocenters. The maximum absolute atomic E-state index is 12.3. The number of hydrogen-bond acceptors (Lipinski definition) is 4. The minimum atomic E-state index is -4.88. The number of hydrogen-bond donors (Lipinski definition) is 2. The average Bonchev–Trinajstić information content (AvgIpc) is 2.33. The lowest BCUT2D eigenvalue weighted by Crippen LogP contribution is -2.35. The van der Waals surface area contributed by atoms with Gasteiger partial charge in [-0.1, -0.05) is 12.1 Å². The first-order chi connectivity index (χ1) is 10.9. The molecular weight excluding hydrogens is 331 g/mol. The van der Waals surface area contributed by atoms with E-state index >= 15 is 0 Å². The van der Waals surface area contributed by atoms with E-state index in [1.807, 2.05) is 0 Å². The Balaban J connectivity index is 2.97. The molecule has 0 aliphatic rings. The van der Waals surface area contributed by atoms with Crippen LogP contribution in [0.2, 0.25) is 0 Å². The van der Waals surface area contributed by atoms with Gasteiger partial charge in [-0.25, -0.2) is 4.79 Å². The van der Waals surface area contributed by atoms with Crippen molar-refractivity contribution >= 4 is 12.1 Å². The fourth-order valence-corrected chi connectivity index (χ4v) is 1.81. The molecule has 0 spiro atoms. The number of carbonyl (C=O) groups excluding carboxylic acids is 1. The highest BCUT2D eigenvalue weighted by Crippen LogP contribution is 2.27. The van der Waals surface area contributed by atoms with E-state index in [9.17, 15) is 22.8 Å². The van der Waals surface area contributed by atoms with Crippen LogP contribution in [-0.4, -0.2) is 29.1 Å². The Morgan fingerprint density at radius 2 is 1.88 bits per heavy atom. The summed E-state index contributed by atoms with van der Waals surface area (Å²) in [5.41, 5.74) is -0.663. The summed E-state index contributed by atoms with van der Waals surface area (Å²) in [6.45, 7) is 4.86. The van der Waals surface area contributed by atoms with E-state index in [-0.39, 0.29) is 5.56 Å². The highest BCUT2D eigenvalue weighted by molar-refractivity contribution is 5.72. The maximum atomic E-state index is 12.3. The lowest BCUT2D eigenvalue weighted by atomic mass is 10.0. The number of amides is 1. The smallest absolute Gasteiger partial charge is 0.481 e. The van der Waals surface area contributed by atoms with Gasteiger partial charge in [0.2, 0.25) is 0 Å². The molecular formula is C15H18F3NO5. The van der Waals surface area contributed by atoms with Crippen LogP contribution in [-0.2, 0) is 9.53 Å². The molecule has 0 bridgehead atoms. The third-order valence-electron chi connectivity index (χ3n) is 2.56. The van der Waals surface area contributed by atoms with Crippen molar-refractivity contribution in [2.24, 2.45) is 0 Å². The topological polar surface area (TPSA) is 84.9 Å². The van der Waals surface area contributed by atoms with Crippen LogP contribution in [0.25, 0.3) is 0 Å². The fraction of sp³-hybridized carbons (Fsp3) is 0.467. The molecule has 1 atom stereocenters. The molecule has 134 valence electrons. The molecule has 1 rings (SSSR count). The number of alkyl halides is 3. The molecule has 6 nitrogen and oxygen atoms in total. The zero-order valence-corrected chi connectivity index (χ0v) is 13.3. The largest absolute Gasteiger partial charge is 0.573 e. The van der Waals surface area contributed by atoms with Crippen LogP contribution in [0.5, 0.6) is 5.75 Å². The third-order valence-corrected chi connectivity index (χ3v) is 2.56. The summed E-state index contributed by atoms with van der Waals surface area (Å²) in [5, 5.41) is 11.3. The van der Waals surface area contributed by atoms with Gasteiger partial charge < -0.3 is 19.9 Å². The first-order valence-electron chi connectivity index (χ1n) is 6.93. The molecule has 1 aromatic carbocycles. The molecule has 0 heterocycles. The van der Waals surface area contributed by atoms with Gasteiger partial charge >= 0.3 is 18.4 Å². The summed E-state index contributed by atoms with van der Waals surface area (Å²) in [6, 6.07) is 3.66. The molecule has 0 radical (unpaired) electrons. The summed E-state index contributed by atoms with van der Waals surface area (Å²) in [5.74, 6) is -1.75. The molecule has 0 aliphatic heterocycles. The average molecular weight is 349 g/mol. The lowest BCUT2D eigenvalue weighted by Gasteiger charge is -2.23. The number of benzene rings is 1. The first kappa shape index (κ1) is 19.6. The van der Waals surface area contributed by atoms with Crippen molar-refractivity contribution in [2.45, 2.75) is 45.2 Å². The summed E-state index contributed by atoms with van der Waals surface area (Å²) in [6.07, 6.45) is -6.29. The first-order valence-corrected chi connectivity index (χ1v) is 6.93. The number of halogens is 3. The quantitative estimate of drug-likeness (QED) is 0.848. The van der Waals surface area contributed by atoms with Gasteiger partial charge in [0.25, 0.3) is 0 Å². The fourth-order valence-electron chi connectivity index (χ4n) is 1.81. The Kier molecular flexibility index (Phi) is 6.05. The van der Waals surface area contributed by atoms with Gasteiger partial charge in [-0.15, -0.1) is 13.2 Å². The number of rotatable bonds is 5. The second kappa shape index (κ2) is 7.41. The maximum Gasteiger partial charge on any atom is 0.573 e. The van der Waals surface area contributed by atoms with Gasteiger partial charge in [0, 0.05) is 0 Å². The Labute approximate surface area is 136 Å². The van der Waals surface area contributed by atoms with Crippen molar-refractivity contribution in [1.82, 2.24) is 5.32 Å². The molecule has 1 amide bonds. The number of carboxylic acid groups (broad SMARTS) is 1. The lowest BCUT2D eigenvalue weighted by molar-refractivity contribution is -0.274. The Hall–Kier alpha value is -2.45. The van der Waals surface area contributed by atoms with Crippen LogP contribution < -0.4 is 10.1 Å². The molecule has 0 saturated heterocycles. The number of alkyl carbamates (subject to hydrolysis) is 1. The van der Waals surface area contributed by atoms with E-state index < -0.39 is 42.2 Å². The van der Waals surface area contributed by atoms with Gasteiger partial charge in [0.05, 0.1) is 12.5 Å². The van der Waals surface area contributed by atoms with Crippen LogP contribution in [0.1, 0.15) is 38.8 Å². The minimum Gasteiger partial charge on any atom is -0.481 e. The third kappa shape index (κ3) is 7.70. The standard InChI is InChI=1S/C15H18F3NO5/c1-14(2,3)24-13(22)19-11(8-12(20)21)9-5-4-6-10(7-9)23-15(16,17)18/h4-7,11H,8H2,1-3H3,(H,19,22)(H,20,21)/t11-/m0/s1. The number of nitrogens with one attached hydrogen (secondary N) is 1. The van der Waals surface area contributed by atoms with Crippen molar-refractivity contribution in [3.63, 3.8) is 0 Å². The SMILES string of the molecule is CC(C)(C)OC(=O)N[C@@H](CC(=O)O)c1cccc(OC(F)(F)F)c1. The van der Waals surface area contributed by atoms with E-state index in [1.54, 1.807) is 20.8 Å². The van der Waals surface area contributed by atoms with Crippen molar-refractivity contribution in [2.75, 3.05) is 0 Å². The zero-order chi connectivity index (χ0) is 18.5.